The molecule has 0 saturated heterocycles. The zero-order valence-corrected chi connectivity index (χ0v) is 12.3. The second kappa shape index (κ2) is 6.37. The summed E-state index contributed by atoms with van der Waals surface area (Å²) in [6.45, 7) is 0.852. The molecule has 4 nitrogen and oxygen atoms in total. The topological polar surface area (TPSA) is 55.4 Å². The van der Waals surface area contributed by atoms with Gasteiger partial charge in [0.1, 0.15) is 12.4 Å². The highest BCUT2D eigenvalue weighted by Gasteiger charge is 2.06. The Kier molecular flexibility index (Phi) is 5.42. The summed E-state index contributed by atoms with van der Waals surface area (Å²) < 4.78 is 28.4. The van der Waals surface area contributed by atoms with E-state index in [4.69, 9.17) is 4.74 Å². The maximum atomic E-state index is 11.0. The molecule has 0 spiro atoms. The fourth-order valence-corrected chi connectivity index (χ4v) is 2.12. The van der Waals surface area contributed by atoms with E-state index in [1.54, 1.807) is 0 Å². The van der Waals surface area contributed by atoms with Gasteiger partial charge in [-0.2, -0.15) is 0 Å². The van der Waals surface area contributed by atoms with Crippen LogP contribution < -0.4 is 10.1 Å². The van der Waals surface area contributed by atoms with Gasteiger partial charge in [0.05, 0.1) is 5.75 Å². The van der Waals surface area contributed by atoms with Crippen LogP contribution in [0.25, 0.3) is 0 Å². The largest absolute Gasteiger partial charge is 0.492 e. The van der Waals surface area contributed by atoms with E-state index in [-0.39, 0.29) is 12.4 Å². The first-order valence-electron chi connectivity index (χ1n) is 5.16. The summed E-state index contributed by atoms with van der Waals surface area (Å²) in [6, 6.07) is 5.65. The van der Waals surface area contributed by atoms with Crippen LogP contribution in [-0.2, 0) is 16.4 Å². The van der Waals surface area contributed by atoms with Crippen LogP contribution in [0.2, 0.25) is 0 Å². The predicted octanol–water partition coefficient (Wildman–Crippen LogP) is 1.59. The first-order chi connectivity index (χ1) is 7.92. The first-order valence-corrected chi connectivity index (χ1v) is 8.01. The normalized spacial score (nSPS) is 11.5. The van der Waals surface area contributed by atoms with Crippen LogP contribution in [0.4, 0.5) is 0 Å². The smallest absolute Gasteiger partial charge is 0.150 e. The van der Waals surface area contributed by atoms with Crippen molar-refractivity contribution in [2.24, 2.45) is 0 Å². The van der Waals surface area contributed by atoms with Crippen molar-refractivity contribution in [3.63, 3.8) is 0 Å². The van der Waals surface area contributed by atoms with E-state index in [2.05, 4.69) is 21.2 Å². The minimum absolute atomic E-state index is 0.0298. The highest BCUT2D eigenvalue weighted by atomic mass is 79.9. The summed E-state index contributed by atoms with van der Waals surface area (Å²) >= 11 is 3.39. The van der Waals surface area contributed by atoms with E-state index in [0.717, 1.165) is 10.0 Å². The molecular formula is C11H16BrNO3S. The zero-order valence-electron chi connectivity index (χ0n) is 9.86. The van der Waals surface area contributed by atoms with Crippen molar-refractivity contribution < 1.29 is 13.2 Å². The number of hydrogen-bond acceptors (Lipinski definition) is 4. The highest BCUT2D eigenvalue weighted by molar-refractivity contribution is 9.10. The third-order valence-electron chi connectivity index (χ3n) is 2.10. The molecule has 0 aromatic heterocycles. The molecule has 0 aliphatic rings. The lowest BCUT2D eigenvalue weighted by molar-refractivity contribution is 0.336. The van der Waals surface area contributed by atoms with Crippen molar-refractivity contribution >= 4 is 25.8 Å². The van der Waals surface area contributed by atoms with Gasteiger partial charge in [-0.25, -0.2) is 8.42 Å². The molecule has 0 aliphatic carbocycles. The van der Waals surface area contributed by atoms with Crippen molar-refractivity contribution in [1.82, 2.24) is 5.32 Å². The standard InChI is InChI=1S/C11H16BrNO3S/c1-13-8-9-7-10(12)3-4-11(9)16-5-6-17(2,14)15/h3-4,7,13H,5-6,8H2,1-2H3. The lowest BCUT2D eigenvalue weighted by atomic mass is 10.2. The van der Waals surface area contributed by atoms with Gasteiger partial charge in [-0.15, -0.1) is 0 Å². The first kappa shape index (κ1) is 14.5. The molecule has 6 heteroatoms. The van der Waals surface area contributed by atoms with Gasteiger partial charge in [0.2, 0.25) is 0 Å². The second-order valence-electron chi connectivity index (χ2n) is 3.76. The zero-order chi connectivity index (χ0) is 12.9. The van der Waals surface area contributed by atoms with Gasteiger partial charge in [0.15, 0.2) is 9.84 Å². The van der Waals surface area contributed by atoms with E-state index in [9.17, 15) is 8.42 Å². The molecule has 0 fully saturated rings. The number of sulfone groups is 1. The van der Waals surface area contributed by atoms with E-state index in [1.165, 1.54) is 6.26 Å². The Morgan fingerprint density at radius 1 is 1.41 bits per heavy atom. The number of halogens is 1. The Bertz CT molecular complexity index is 474. The second-order valence-corrected chi connectivity index (χ2v) is 6.94. The Labute approximate surface area is 110 Å². The average molecular weight is 322 g/mol. The third-order valence-corrected chi connectivity index (χ3v) is 3.50. The van der Waals surface area contributed by atoms with Crippen molar-refractivity contribution in [1.29, 1.82) is 0 Å². The van der Waals surface area contributed by atoms with Crippen LogP contribution in [0.15, 0.2) is 22.7 Å². The molecule has 1 aromatic rings. The molecule has 96 valence electrons. The van der Waals surface area contributed by atoms with Crippen LogP contribution >= 0.6 is 15.9 Å². The van der Waals surface area contributed by atoms with Crippen molar-refractivity contribution in [2.45, 2.75) is 6.54 Å². The highest BCUT2D eigenvalue weighted by Crippen LogP contribution is 2.23. The van der Waals surface area contributed by atoms with Crippen molar-refractivity contribution in [2.75, 3.05) is 25.7 Å². The van der Waals surface area contributed by atoms with Gasteiger partial charge in [0.25, 0.3) is 0 Å². The fraction of sp³-hybridized carbons (Fsp3) is 0.455. The minimum Gasteiger partial charge on any atom is -0.492 e. The van der Waals surface area contributed by atoms with E-state index in [0.29, 0.717) is 12.3 Å². The number of rotatable bonds is 6. The Morgan fingerprint density at radius 3 is 2.71 bits per heavy atom. The molecule has 0 radical (unpaired) electrons. The van der Waals surface area contributed by atoms with Crippen LogP contribution in [0.3, 0.4) is 0 Å². The van der Waals surface area contributed by atoms with Crippen LogP contribution in [0.5, 0.6) is 5.75 Å². The minimum atomic E-state index is -2.98. The molecule has 17 heavy (non-hydrogen) atoms. The maximum Gasteiger partial charge on any atom is 0.150 e. The summed E-state index contributed by atoms with van der Waals surface area (Å²) in [7, 11) is -1.13. The van der Waals surface area contributed by atoms with Gasteiger partial charge >= 0.3 is 0 Å². The number of benzene rings is 1. The van der Waals surface area contributed by atoms with E-state index >= 15 is 0 Å². The van der Waals surface area contributed by atoms with E-state index < -0.39 is 9.84 Å². The summed E-state index contributed by atoms with van der Waals surface area (Å²) in [5, 5.41) is 3.04. The molecule has 0 heterocycles. The summed E-state index contributed by atoms with van der Waals surface area (Å²) in [5.74, 6) is 0.744. The SMILES string of the molecule is CNCc1cc(Br)ccc1OCCS(C)(=O)=O. The molecule has 1 rings (SSSR count). The van der Waals surface area contributed by atoms with Crippen LogP contribution in [0, 0.1) is 0 Å². The van der Waals surface area contributed by atoms with Crippen molar-refractivity contribution in [3.05, 3.63) is 28.2 Å². The molecule has 0 bridgehead atoms. The summed E-state index contributed by atoms with van der Waals surface area (Å²) in [4.78, 5) is 0. The van der Waals surface area contributed by atoms with Gasteiger partial charge in [-0.3, -0.25) is 0 Å². The number of hydrogen-bond donors (Lipinski definition) is 1. The van der Waals surface area contributed by atoms with Gasteiger partial charge in [0, 0.05) is 22.8 Å². The van der Waals surface area contributed by atoms with Crippen LogP contribution in [0.1, 0.15) is 5.56 Å². The quantitative estimate of drug-likeness (QED) is 0.864. The van der Waals surface area contributed by atoms with Gasteiger partial charge in [-0.05, 0) is 25.2 Å². The van der Waals surface area contributed by atoms with Crippen molar-refractivity contribution in [3.8, 4) is 5.75 Å². The Balaban J connectivity index is 2.69. The van der Waals surface area contributed by atoms with Gasteiger partial charge in [-0.1, -0.05) is 15.9 Å². The van der Waals surface area contributed by atoms with Gasteiger partial charge < -0.3 is 10.1 Å². The summed E-state index contributed by atoms with van der Waals surface area (Å²) in [6.07, 6.45) is 1.20. The lowest BCUT2D eigenvalue weighted by Gasteiger charge is -2.11. The molecular weight excluding hydrogens is 306 g/mol. The molecule has 0 aliphatic heterocycles. The number of ether oxygens (including phenoxy) is 1. The molecule has 0 saturated carbocycles. The van der Waals surface area contributed by atoms with Crippen LogP contribution in [-0.4, -0.2) is 34.1 Å². The maximum absolute atomic E-state index is 11.0. The monoisotopic (exact) mass is 321 g/mol. The summed E-state index contributed by atoms with van der Waals surface area (Å²) in [5.41, 5.74) is 0.996. The number of nitrogens with one attached hydrogen (secondary N) is 1. The molecule has 0 atom stereocenters. The molecule has 1 aromatic carbocycles. The third kappa shape index (κ3) is 5.52. The average Bonchev–Trinajstić information content (AvgIpc) is 2.20. The molecule has 1 N–H and O–H groups in total. The molecule has 0 unspecified atom stereocenters. The predicted molar refractivity (Wildman–Crippen MR) is 72.1 cm³/mol. The fourth-order valence-electron chi connectivity index (χ4n) is 1.32. The van der Waals surface area contributed by atoms with E-state index in [1.807, 2.05) is 25.2 Å². The Morgan fingerprint density at radius 2 is 2.12 bits per heavy atom. The lowest BCUT2D eigenvalue weighted by Crippen LogP contribution is -2.14. The molecule has 0 amide bonds. The Hall–Kier alpha value is -0.590.